The lowest BCUT2D eigenvalue weighted by Gasteiger charge is -2.19. The number of carbonyl (C=O) groups excluding carboxylic acids is 1. The van der Waals surface area contributed by atoms with Gasteiger partial charge in [-0.25, -0.2) is 0 Å². The third-order valence-corrected chi connectivity index (χ3v) is 12.1. The summed E-state index contributed by atoms with van der Waals surface area (Å²) in [7, 11) is 0. The summed E-state index contributed by atoms with van der Waals surface area (Å²) in [6.45, 7) is 4.18. The predicted octanol–water partition coefficient (Wildman–Crippen LogP) is 18.0. The fourth-order valence-corrected chi connectivity index (χ4v) is 7.97. The molecule has 0 fully saturated rings. The summed E-state index contributed by atoms with van der Waals surface area (Å²) < 4.78 is 0. The molecule has 0 spiro atoms. The van der Waals surface area contributed by atoms with Crippen LogP contribution in [0.2, 0.25) is 0 Å². The molecular formula is C59H105NO3. The van der Waals surface area contributed by atoms with E-state index in [9.17, 15) is 15.0 Å². The lowest BCUT2D eigenvalue weighted by Crippen LogP contribution is -2.45. The highest BCUT2D eigenvalue weighted by Gasteiger charge is 2.17. The Hall–Kier alpha value is -2.43. The molecule has 364 valence electrons. The van der Waals surface area contributed by atoms with Crippen molar-refractivity contribution in [1.82, 2.24) is 5.32 Å². The van der Waals surface area contributed by atoms with Crippen LogP contribution < -0.4 is 5.32 Å². The minimum atomic E-state index is -0.872. The van der Waals surface area contributed by atoms with Gasteiger partial charge in [0.1, 0.15) is 0 Å². The van der Waals surface area contributed by atoms with Crippen molar-refractivity contribution in [2.75, 3.05) is 6.61 Å². The van der Waals surface area contributed by atoms with Crippen molar-refractivity contribution in [1.29, 1.82) is 0 Å². The quantitative estimate of drug-likeness (QED) is 0.0421. The second-order valence-corrected chi connectivity index (χ2v) is 18.2. The molecule has 4 nitrogen and oxygen atoms in total. The van der Waals surface area contributed by atoms with Gasteiger partial charge in [0.15, 0.2) is 0 Å². The van der Waals surface area contributed by atoms with E-state index in [1.807, 2.05) is 6.08 Å². The van der Waals surface area contributed by atoms with E-state index in [1.165, 1.54) is 180 Å². The molecule has 0 rings (SSSR count). The molecule has 0 aliphatic rings. The number of hydrogen-bond acceptors (Lipinski definition) is 3. The van der Waals surface area contributed by atoms with Crippen molar-refractivity contribution in [2.45, 2.75) is 276 Å². The first-order valence-electron chi connectivity index (χ1n) is 27.3. The zero-order valence-electron chi connectivity index (χ0n) is 41.8. The third-order valence-electron chi connectivity index (χ3n) is 12.1. The average Bonchev–Trinajstić information content (AvgIpc) is 3.29. The summed E-state index contributed by atoms with van der Waals surface area (Å²) in [6.07, 6.45) is 78.8. The molecule has 0 aliphatic carbocycles. The molecule has 0 bridgehead atoms. The molecule has 0 saturated heterocycles. The minimum absolute atomic E-state index is 0.0772. The Labute approximate surface area is 392 Å². The molecule has 0 aromatic heterocycles. The molecule has 0 aliphatic heterocycles. The molecule has 0 heterocycles. The maximum absolute atomic E-state index is 12.5. The largest absolute Gasteiger partial charge is 0.394 e. The summed E-state index contributed by atoms with van der Waals surface area (Å²) in [4.78, 5) is 12.5. The minimum Gasteiger partial charge on any atom is -0.394 e. The molecular weight excluding hydrogens is 771 g/mol. The van der Waals surface area contributed by atoms with Gasteiger partial charge < -0.3 is 15.5 Å². The van der Waals surface area contributed by atoms with Crippen molar-refractivity contribution >= 4 is 5.91 Å². The van der Waals surface area contributed by atoms with Gasteiger partial charge in [-0.05, 0) is 83.5 Å². The van der Waals surface area contributed by atoms with Gasteiger partial charge in [0.25, 0.3) is 0 Å². The fraction of sp³-hybridized carbons (Fsp3) is 0.746. The lowest BCUT2D eigenvalue weighted by atomic mass is 10.0. The normalized spacial score (nSPS) is 13.5. The molecule has 0 aromatic carbocycles. The molecule has 0 aromatic rings. The van der Waals surface area contributed by atoms with Crippen LogP contribution in [0.25, 0.3) is 0 Å². The summed E-state index contributed by atoms with van der Waals surface area (Å²) >= 11 is 0. The van der Waals surface area contributed by atoms with Crippen molar-refractivity contribution in [3.8, 4) is 0 Å². The molecule has 3 N–H and O–H groups in total. The van der Waals surface area contributed by atoms with Crippen LogP contribution in [0, 0.1) is 0 Å². The number of rotatable bonds is 49. The van der Waals surface area contributed by atoms with Gasteiger partial charge in [0.05, 0.1) is 18.8 Å². The number of aliphatic hydroxyl groups excluding tert-OH is 2. The first-order chi connectivity index (χ1) is 31.2. The number of allylic oxidation sites excluding steroid dienone is 13. The van der Waals surface area contributed by atoms with Crippen LogP contribution in [-0.2, 0) is 4.79 Å². The zero-order valence-corrected chi connectivity index (χ0v) is 41.8. The topological polar surface area (TPSA) is 69.6 Å². The molecule has 0 radical (unpaired) electrons. The molecule has 0 saturated carbocycles. The second-order valence-electron chi connectivity index (χ2n) is 18.2. The molecule has 63 heavy (non-hydrogen) atoms. The van der Waals surface area contributed by atoms with Crippen LogP contribution in [0.5, 0.6) is 0 Å². The van der Waals surface area contributed by atoms with Crippen LogP contribution >= 0.6 is 0 Å². The first kappa shape index (κ1) is 60.6. The van der Waals surface area contributed by atoms with Crippen molar-refractivity contribution in [2.24, 2.45) is 0 Å². The Bertz CT molecular complexity index is 1130. The van der Waals surface area contributed by atoms with E-state index in [1.54, 1.807) is 6.08 Å². The first-order valence-corrected chi connectivity index (χ1v) is 27.3. The maximum atomic E-state index is 12.5. The number of carbonyl (C=O) groups is 1. The van der Waals surface area contributed by atoms with E-state index in [0.29, 0.717) is 6.42 Å². The van der Waals surface area contributed by atoms with E-state index < -0.39 is 12.1 Å². The van der Waals surface area contributed by atoms with Gasteiger partial charge in [0.2, 0.25) is 5.91 Å². The molecule has 1 amide bonds. The van der Waals surface area contributed by atoms with Gasteiger partial charge >= 0.3 is 0 Å². The van der Waals surface area contributed by atoms with E-state index in [2.05, 4.69) is 92.1 Å². The van der Waals surface area contributed by atoms with Crippen LogP contribution in [-0.4, -0.2) is 34.9 Å². The van der Waals surface area contributed by atoms with Crippen LogP contribution in [0.4, 0.5) is 0 Å². The van der Waals surface area contributed by atoms with Crippen LogP contribution in [0.1, 0.15) is 264 Å². The molecule has 2 unspecified atom stereocenters. The van der Waals surface area contributed by atoms with Gasteiger partial charge in [0, 0.05) is 6.42 Å². The van der Waals surface area contributed by atoms with Crippen molar-refractivity contribution < 1.29 is 15.0 Å². The monoisotopic (exact) mass is 876 g/mol. The number of nitrogens with one attached hydrogen (secondary N) is 1. The summed E-state index contributed by atoms with van der Waals surface area (Å²) in [6, 6.07) is -0.648. The maximum Gasteiger partial charge on any atom is 0.220 e. The van der Waals surface area contributed by atoms with E-state index >= 15 is 0 Å². The van der Waals surface area contributed by atoms with Gasteiger partial charge in [-0.1, -0.05) is 259 Å². The van der Waals surface area contributed by atoms with Gasteiger partial charge in [-0.15, -0.1) is 0 Å². The Balaban J connectivity index is 3.52. The Morgan fingerprint density at radius 1 is 0.397 bits per heavy atom. The van der Waals surface area contributed by atoms with Crippen LogP contribution in [0.3, 0.4) is 0 Å². The van der Waals surface area contributed by atoms with Crippen molar-refractivity contribution in [3.05, 3.63) is 85.1 Å². The van der Waals surface area contributed by atoms with E-state index in [-0.39, 0.29) is 12.5 Å². The van der Waals surface area contributed by atoms with E-state index in [4.69, 9.17) is 0 Å². The fourth-order valence-electron chi connectivity index (χ4n) is 7.97. The van der Waals surface area contributed by atoms with Crippen molar-refractivity contribution in [3.63, 3.8) is 0 Å². The highest BCUT2D eigenvalue weighted by Crippen LogP contribution is 2.16. The van der Waals surface area contributed by atoms with E-state index in [0.717, 1.165) is 64.2 Å². The van der Waals surface area contributed by atoms with Gasteiger partial charge in [-0.2, -0.15) is 0 Å². The second kappa shape index (κ2) is 53.9. The SMILES string of the molecule is CC/C=C\C/C=C\C/C=C\C/C=C\CCCCCCCCCCCCCCCCCCCCCCC(=O)NC(CO)C(O)/C=C/CC/C=C/CC/C=C/CCCCCCCCCC. The third kappa shape index (κ3) is 50.4. The van der Waals surface area contributed by atoms with Crippen LogP contribution in [0.15, 0.2) is 85.1 Å². The number of amides is 1. The summed E-state index contributed by atoms with van der Waals surface area (Å²) in [5, 5.41) is 23.1. The smallest absolute Gasteiger partial charge is 0.220 e. The predicted molar refractivity (Wildman–Crippen MR) is 280 cm³/mol. The summed E-state index contributed by atoms with van der Waals surface area (Å²) in [5.74, 6) is -0.0772. The Morgan fingerprint density at radius 2 is 0.714 bits per heavy atom. The van der Waals surface area contributed by atoms with Gasteiger partial charge in [-0.3, -0.25) is 4.79 Å². The summed E-state index contributed by atoms with van der Waals surface area (Å²) in [5.41, 5.74) is 0. The average molecular weight is 876 g/mol. The Kier molecular flexibility index (Phi) is 51.8. The zero-order chi connectivity index (χ0) is 45.6. The number of hydrogen-bond donors (Lipinski definition) is 3. The molecule has 2 atom stereocenters. The highest BCUT2D eigenvalue weighted by atomic mass is 16.3. The number of aliphatic hydroxyl groups is 2. The lowest BCUT2D eigenvalue weighted by molar-refractivity contribution is -0.123. The molecule has 4 heteroatoms. The number of unbranched alkanes of at least 4 members (excludes halogenated alkanes) is 30. The highest BCUT2D eigenvalue weighted by molar-refractivity contribution is 5.76. The Morgan fingerprint density at radius 3 is 1.11 bits per heavy atom. The standard InChI is InChI=1S/C59H105NO3/c1-3-5-7-9-11-13-15-17-19-21-23-24-25-26-27-28-29-30-31-32-33-34-35-36-37-39-41-43-45-47-49-51-53-55-59(63)60-57(56-61)58(62)54-52-50-48-46-44-42-40-38-22-20-18-16-14-12-10-8-6-4-2/h5,7,11,13,17,19,22-24,38,44,46,52,54,57-58,61-62H,3-4,6,8-10,12,14-16,18,20-21,25-37,39-43,45,47-51,53,55-56H2,1-2H3,(H,60,63)/b7-5-,13-11-,19-17-,24-23-,38-22+,46-44+,54-52+.